The summed E-state index contributed by atoms with van der Waals surface area (Å²) in [5.74, 6) is -0.311. The second kappa shape index (κ2) is 5.87. The number of carboxylic acids is 1. The Kier molecular flexibility index (Phi) is 4.10. The molecule has 0 spiro atoms. The van der Waals surface area contributed by atoms with Crippen LogP contribution >= 0.6 is 0 Å². The van der Waals surface area contributed by atoms with Gasteiger partial charge in [-0.25, -0.2) is 9.78 Å². The van der Waals surface area contributed by atoms with Gasteiger partial charge in [0.1, 0.15) is 5.82 Å². The summed E-state index contributed by atoms with van der Waals surface area (Å²) in [6.07, 6.45) is 3.74. The van der Waals surface area contributed by atoms with Crippen molar-refractivity contribution in [3.8, 4) is 0 Å². The SMILES string of the molecule is Cc1cc2c(cc1Nc1ccc(C(=O)O)cn1)C(C)(C)CCC2(C)C. The Morgan fingerprint density at radius 1 is 1.08 bits per heavy atom. The minimum Gasteiger partial charge on any atom is -0.478 e. The second-order valence-electron chi connectivity index (χ2n) is 8.34. The lowest BCUT2D eigenvalue weighted by Gasteiger charge is -2.42. The number of aromatic nitrogens is 1. The van der Waals surface area contributed by atoms with E-state index in [2.05, 4.69) is 57.1 Å². The lowest BCUT2D eigenvalue weighted by atomic mass is 9.63. The van der Waals surface area contributed by atoms with Crippen LogP contribution in [0.1, 0.15) is 67.6 Å². The Labute approximate surface area is 149 Å². The summed E-state index contributed by atoms with van der Waals surface area (Å²) in [6, 6.07) is 7.82. The van der Waals surface area contributed by atoms with Crippen LogP contribution in [-0.4, -0.2) is 16.1 Å². The molecule has 4 heteroatoms. The van der Waals surface area contributed by atoms with Crippen molar-refractivity contribution in [2.45, 2.75) is 58.3 Å². The predicted molar refractivity (Wildman–Crippen MR) is 101 cm³/mol. The largest absolute Gasteiger partial charge is 0.478 e. The molecule has 0 amide bonds. The molecule has 0 fully saturated rings. The zero-order chi connectivity index (χ0) is 18.4. The fourth-order valence-electron chi connectivity index (χ4n) is 3.59. The summed E-state index contributed by atoms with van der Waals surface area (Å²) in [5, 5.41) is 12.3. The minimum absolute atomic E-state index is 0.148. The number of carbonyl (C=O) groups is 1. The van der Waals surface area contributed by atoms with E-state index >= 15 is 0 Å². The van der Waals surface area contributed by atoms with Crippen LogP contribution in [0.4, 0.5) is 11.5 Å². The summed E-state index contributed by atoms with van der Waals surface area (Å²) in [4.78, 5) is 15.2. The average molecular weight is 338 g/mol. The number of benzene rings is 1. The first-order chi connectivity index (χ1) is 11.6. The average Bonchev–Trinajstić information content (AvgIpc) is 2.54. The molecular weight excluding hydrogens is 312 g/mol. The molecular formula is C21H26N2O2. The van der Waals surface area contributed by atoms with Crippen LogP contribution in [0.3, 0.4) is 0 Å². The van der Waals surface area contributed by atoms with Crippen molar-refractivity contribution >= 4 is 17.5 Å². The standard InChI is InChI=1S/C21H26N2O2/c1-13-10-15-16(21(4,5)9-8-20(15,2)3)11-17(13)23-18-7-6-14(12-22-18)19(24)25/h6-7,10-12H,8-9H2,1-5H3,(H,22,23)(H,24,25). The molecule has 0 atom stereocenters. The van der Waals surface area contributed by atoms with Crippen molar-refractivity contribution in [3.63, 3.8) is 0 Å². The fourth-order valence-corrected chi connectivity index (χ4v) is 3.59. The lowest BCUT2D eigenvalue weighted by Crippen LogP contribution is -2.34. The maximum absolute atomic E-state index is 11.0. The van der Waals surface area contributed by atoms with Crippen molar-refractivity contribution in [1.29, 1.82) is 0 Å². The molecule has 4 nitrogen and oxygen atoms in total. The van der Waals surface area contributed by atoms with Crippen LogP contribution in [0, 0.1) is 6.92 Å². The molecule has 132 valence electrons. The van der Waals surface area contributed by atoms with E-state index in [4.69, 9.17) is 5.11 Å². The van der Waals surface area contributed by atoms with Crippen LogP contribution < -0.4 is 5.32 Å². The normalized spacial score (nSPS) is 17.6. The summed E-state index contributed by atoms with van der Waals surface area (Å²) in [7, 11) is 0. The summed E-state index contributed by atoms with van der Waals surface area (Å²) < 4.78 is 0. The van der Waals surface area contributed by atoms with Gasteiger partial charge < -0.3 is 10.4 Å². The topological polar surface area (TPSA) is 62.2 Å². The highest BCUT2D eigenvalue weighted by Crippen LogP contribution is 2.47. The highest BCUT2D eigenvalue weighted by Gasteiger charge is 2.37. The Hall–Kier alpha value is -2.36. The third-order valence-corrected chi connectivity index (χ3v) is 5.47. The van der Waals surface area contributed by atoms with Crippen LogP contribution in [-0.2, 0) is 10.8 Å². The fraction of sp³-hybridized carbons (Fsp3) is 0.429. The molecule has 3 rings (SSSR count). The molecule has 25 heavy (non-hydrogen) atoms. The number of aryl methyl sites for hydroxylation is 1. The highest BCUT2D eigenvalue weighted by molar-refractivity contribution is 5.87. The zero-order valence-corrected chi connectivity index (χ0v) is 15.6. The smallest absolute Gasteiger partial charge is 0.337 e. The predicted octanol–water partition coefficient (Wildman–Crippen LogP) is 5.18. The van der Waals surface area contributed by atoms with Crippen molar-refractivity contribution in [1.82, 2.24) is 4.98 Å². The second-order valence-corrected chi connectivity index (χ2v) is 8.34. The molecule has 1 aliphatic carbocycles. The number of anilines is 2. The molecule has 1 aromatic heterocycles. The molecule has 0 aliphatic heterocycles. The van der Waals surface area contributed by atoms with E-state index in [-0.39, 0.29) is 16.4 Å². The first-order valence-corrected chi connectivity index (χ1v) is 8.72. The molecule has 2 aromatic rings. The summed E-state index contributed by atoms with van der Waals surface area (Å²) in [6.45, 7) is 11.4. The van der Waals surface area contributed by atoms with E-state index in [0.29, 0.717) is 5.82 Å². The van der Waals surface area contributed by atoms with Gasteiger partial charge in [-0.2, -0.15) is 0 Å². The van der Waals surface area contributed by atoms with Crippen molar-refractivity contribution in [3.05, 3.63) is 52.7 Å². The summed E-state index contributed by atoms with van der Waals surface area (Å²) >= 11 is 0. The van der Waals surface area contributed by atoms with Gasteiger partial charge in [0.15, 0.2) is 0 Å². The molecule has 1 aromatic carbocycles. The molecule has 0 saturated heterocycles. The Bertz CT molecular complexity index is 821. The number of fused-ring (bicyclic) bond motifs is 1. The molecule has 0 radical (unpaired) electrons. The maximum atomic E-state index is 11.0. The van der Waals surface area contributed by atoms with Gasteiger partial charge in [0.25, 0.3) is 0 Å². The Morgan fingerprint density at radius 3 is 2.20 bits per heavy atom. The number of hydrogen-bond acceptors (Lipinski definition) is 3. The van der Waals surface area contributed by atoms with Gasteiger partial charge in [-0.15, -0.1) is 0 Å². The van der Waals surface area contributed by atoms with Gasteiger partial charge in [-0.05, 0) is 65.5 Å². The first-order valence-electron chi connectivity index (χ1n) is 8.72. The Morgan fingerprint density at radius 2 is 1.68 bits per heavy atom. The number of pyridine rings is 1. The van der Waals surface area contributed by atoms with E-state index in [1.807, 2.05) is 0 Å². The number of hydrogen-bond donors (Lipinski definition) is 2. The molecule has 0 saturated carbocycles. The number of nitrogens with zero attached hydrogens (tertiary/aromatic N) is 1. The molecule has 2 N–H and O–H groups in total. The van der Waals surface area contributed by atoms with E-state index in [0.717, 1.165) is 5.69 Å². The van der Waals surface area contributed by atoms with Gasteiger partial charge in [0.05, 0.1) is 5.56 Å². The van der Waals surface area contributed by atoms with Gasteiger partial charge in [-0.1, -0.05) is 33.8 Å². The molecule has 1 heterocycles. The van der Waals surface area contributed by atoms with Crippen LogP contribution in [0.2, 0.25) is 0 Å². The van der Waals surface area contributed by atoms with E-state index in [1.165, 1.54) is 35.7 Å². The van der Waals surface area contributed by atoms with Crippen molar-refractivity contribution < 1.29 is 9.90 Å². The maximum Gasteiger partial charge on any atom is 0.337 e. The first kappa shape index (κ1) is 17.5. The molecule has 1 aliphatic rings. The lowest BCUT2D eigenvalue weighted by molar-refractivity contribution is 0.0696. The van der Waals surface area contributed by atoms with Crippen LogP contribution in [0.5, 0.6) is 0 Å². The number of aromatic carboxylic acids is 1. The van der Waals surface area contributed by atoms with E-state index in [9.17, 15) is 4.79 Å². The Balaban J connectivity index is 1.99. The highest BCUT2D eigenvalue weighted by atomic mass is 16.4. The monoisotopic (exact) mass is 338 g/mol. The van der Waals surface area contributed by atoms with E-state index < -0.39 is 5.97 Å². The van der Waals surface area contributed by atoms with E-state index in [1.54, 1.807) is 12.1 Å². The quantitative estimate of drug-likeness (QED) is 0.809. The van der Waals surface area contributed by atoms with Crippen LogP contribution in [0.15, 0.2) is 30.5 Å². The van der Waals surface area contributed by atoms with Crippen molar-refractivity contribution in [2.75, 3.05) is 5.32 Å². The third-order valence-electron chi connectivity index (χ3n) is 5.47. The van der Waals surface area contributed by atoms with Gasteiger partial charge >= 0.3 is 5.97 Å². The van der Waals surface area contributed by atoms with Gasteiger partial charge in [0.2, 0.25) is 0 Å². The zero-order valence-electron chi connectivity index (χ0n) is 15.6. The minimum atomic E-state index is -0.965. The number of rotatable bonds is 3. The van der Waals surface area contributed by atoms with Crippen molar-refractivity contribution in [2.24, 2.45) is 0 Å². The summed E-state index contributed by atoms with van der Waals surface area (Å²) in [5.41, 5.74) is 5.55. The molecule has 0 bridgehead atoms. The van der Waals surface area contributed by atoms with Crippen LogP contribution in [0.25, 0.3) is 0 Å². The third kappa shape index (κ3) is 3.26. The number of carboxylic acid groups (broad SMARTS) is 1. The van der Waals surface area contributed by atoms with Gasteiger partial charge in [0, 0.05) is 11.9 Å². The number of nitrogens with one attached hydrogen (secondary N) is 1. The molecule has 0 unspecified atom stereocenters. The van der Waals surface area contributed by atoms with Gasteiger partial charge in [-0.3, -0.25) is 0 Å².